The number of carbonyl (C=O) groups excluding carboxylic acids is 1. The Balaban J connectivity index is 2.11. The van der Waals surface area contributed by atoms with Crippen LogP contribution in [0.25, 0.3) is 5.57 Å². The number of nitrogens with one attached hydrogen (secondary N) is 1. The molecule has 9 nitrogen and oxygen atoms in total. The number of aliphatic carboxylic acids is 1. The minimum absolute atomic E-state index is 0.0876. The van der Waals surface area contributed by atoms with Gasteiger partial charge >= 0.3 is 11.7 Å². The molecule has 0 fully saturated rings. The number of aromatic hydroxyl groups is 1. The SMILES string of the molecule is C=C(C)c1ccc(Cn2c(O)c(C(=O)NCC(=O)O)c(=O)n(Cc3ccc(C(C)(C)C)cc3)c2=O)cc1. The molecule has 0 aliphatic heterocycles. The number of hydrogen-bond acceptors (Lipinski definition) is 5. The Kier molecular flexibility index (Phi) is 7.86. The van der Waals surface area contributed by atoms with Gasteiger partial charge in [0.1, 0.15) is 6.54 Å². The van der Waals surface area contributed by atoms with Crippen molar-refractivity contribution in [1.29, 1.82) is 0 Å². The zero-order valence-electron chi connectivity index (χ0n) is 21.4. The first kappa shape index (κ1) is 27.2. The van der Waals surface area contributed by atoms with Crippen LogP contribution in [0.4, 0.5) is 0 Å². The van der Waals surface area contributed by atoms with E-state index in [-0.39, 0.29) is 18.5 Å². The van der Waals surface area contributed by atoms with E-state index >= 15 is 0 Å². The van der Waals surface area contributed by atoms with Crippen LogP contribution < -0.4 is 16.6 Å². The van der Waals surface area contributed by atoms with Crippen LogP contribution in [-0.2, 0) is 23.3 Å². The largest absolute Gasteiger partial charge is 0.494 e. The molecule has 0 aliphatic rings. The van der Waals surface area contributed by atoms with Crippen LogP contribution in [0.1, 0.15) is 60.3 Å². The molecule has 3 aromatic rings. The van der Waals surface area contributed by atoms with Gasteiger partial charge < -0.3 is 15.5 Å². The summed E-state index contributed by atoms with van der Waals surface area (Å²) in [4.78, 5) is 50.3. The van der Waals surface area contributed by atoms with Crippen molar-refractivity contribution in [1.82, 2.24) is 14.5 Å². The number of carboxylic acid groups (broad SMARTS) is 1. The molecule has 0 saturated heterocycles. The van der Waals surface area contributed by atoms with Gasteiger partial charge in [0.05, 0.1) is 13.1 Å². The summed E-state index contributed by atoms with van der Waals surface area (Å²) in [6.45, 7) is 10.9. The lowest BCUT2D eigenvalue weighted by Crippen LogP contribution is -2.45. The van der Waals surface area contributed by atoms with Crippen LogP contribution in [0.3, 0.4) is 0 Å². The molecular weight excluding hydrogens is 474 g/mol. The molecule has 0 unspecified atom stereocenters. The fraction of sp³-hybridized carbons (Fsp3) is 0.286. The smallest absolute Gasteiger partial charge is 0.334 e. The molecular formula is C28H31N3O6. The van der Waals surface area contributed by atoms with Crippen LogP contribution in [0, 0.1) is 0 Å². The Labute approximate surface area is 214 Å². The van der Waals surface area contributed by atoms with Gasteiger partial charge in [0, 0.05) is 0 Å². The molecule has 3 rings (SSSR count). The molecule has 2 aromatic carbocycles. The summed E-state index contributed by atoms with van der Waals surface area (Å²) >= 11 is 0. The van der Waals surface area contributed by atoms with E-state index in [1.165, 1.54) is 0 Å². The highest BCUT2D eigenvalue weighted by Gasteiger charge is 2.25. The van der Waals surface area contributed by atoms with E-state index in [0.29, 0.717) is 11.1 Å². The molecule has 0 saturated carbocycles. The van der Waals surface area contributed by atoms with Crippen molar-refractivity contribution in [3.8, 4) is 5.88 Å². The Morgan fingerprint density at radius 2 is 1.43 bits per heavy atom. The van der Waals surface area contributed by atoms with E-state index < -0.39 is 41.1 Å². The number of carboxylic acids is 1. The zero-order valence-corrected chi connectivity index (χ0v) is 21.4. The lowest BCUT2D eigenvalue weighted by molar-refractivity contribution is -0.135. The number of carbonyl (C=O) groups is 2. The molecule has 1 heterocycles. The highest BCUT2D eigenvalue weighted by atomic mass is 16.4. The molecule has 0 atom stereocenters. The summed E-state index contributed by atoms with van der Waals surface area (Å²) in [5, 5.41) is 21.8. The molecule has 1 aromatic heterocycles. The Morgan fingerprint density at radius 1 is 0.919 bits per heavy atom. The maximum absolute atomic E-state index is 13.4. The maximum atomic E-state index is 13.4. The Hall–Kier alpha value is -4.40. The highest BCUT2D eigenvalue weighted by molar-refractivity contribution is 5.97. The second-order valence-corrected chi connectivity index (χ2v) is 9.96. The molecule has 1 amide bonds. The first-order valence-corrected chi connectivity index (χ1v) is 11.7. The highest BCUT2D eigenvalue weighted by Crippen LogP contribution is 2.22. The van der Waals surface area contributed by atoms with Crippen LogP contribution >= 0.6 is 0 Å². The summed E-state index contributed by atoms with van der Waals surface area (Å²) < 4.78 is 1.79. The van der Waals surface area contributed by atoms with Crippen molar-refractivity contribution in [3.63, 3.8) is 0 Å². The normalized spacial score (nSPS) is 11.2. The number of benzene rings is 2. The molecule has 194 valence electrons. The quantitative estimate of drug-likeness (QED) is 0.432. The summed E-state index contributed by atoms with van der Waals surface area (Å²) in [6, 6.07) is 14.5. The van der Waals surface area contributed by atoms with Crippen LogP contribution in [0.15, 0.2) is 64.7 Å². The summed E-state index contributed by atoms with van der Waals surface area (Å²) in [7, 11) is 0. The van der Waals surface area contributed by atoms with Crippen molar-refractivity contribution in [2.24, 2.45) is 0 Å². The van der Waals surface area contributed by atoms with E-state index in [4.69, 9.17) is 5.11 Å². The van der Waals surface area contributed by atoms with E-state index in [2.05, 4.69) is 32.7 Å². The van der Waals surface area contributed by atoms with Gasteiger partial charge in [0.2, 0.25) is 5.88 Å². The van der Waals surface area contributed by atoms with Gasteiger partial charge in [0.25, 0.3) is 11.5 Å². The lowest BCUT2D eigenvalue weighted by Gasteiger charge is -2.19. The first-order chi connectivity index (χ1) is 17.3. The summed E-state index contributed by atoms with van der Waals surface area (Å²) in [6.07, 6.45) is 0. The van der Waals surface area contributed by atoms with E-state index in [0.717, 1.165) is 25.8 Å². The summed E-state index contributed by atoms with van der Waals surface area (Å²) in [5.41, 5.74) is 1.50. The molecule has 0 radical (unpaired) electrons. The number of rotatable bonds is 8. The van der Waals surface area contributed by atoms with Crippen molar-refractivity contribution in [2.75, 3.05) is 6.54 Å². The number of allylic oxidation sites excluding steroid dienone is 1. The van der Waals surface area contributed by atoms with Gasteiger partial charge in [-0.2, -0.15) is 0 Å². The maximum Gasteiger partial charge on any atom is 0.334 e. The van der Waals surface area contributed by atoms with Gasteiger partial charge in [0.15, 0.2) is 5.56 Å². The fourth-order valence-corrected chi connectivity index (χ4v) is 3.78. The summed E-state index contributed by atoms with van der Waals surface area (Å²) in [5.74, 6) is -3.24. The van der Waals surface area contributed by atoms with Crippen LogP contribution in [0.2, 0.25) is 0 Å². The van der Waals surface area contributed by atoms with Gasteiger partial charge in [-0.1, -0.05) is 81.5 Å². The molecule has 0 aliphatic carbocycles. The minimum Gasteiger partial charge on any atom is -0.494 e. The van der Waals surface area contributed by atoms with Gasteiger partial charge in [-0.05, 0) is 34.6 Å². The number of hydrogen-bond donors (Lipinski definition) is 3. The lowest BCUT2D eigenvalue weighted by atomic mass is 9.87. The van der Waals surface area contributed by atoms with Crippen LogP contribution in [-0.4, -0.2) is 37.8 Å². The van der Waals surface area contributed by atoms with E-state index in [9.17, 15) is 24.3 Å². The third kappa shape index (κ3) is 6.24. The van der Waals surface area contributed by atoms with Crippen molar-refractivity contribution >= 4 is 17.4 Å². The second kappa shape index (κ2) is 10.7. The Morgan fingerprint density at radius 3 is 1.92 bits per heavy atom. The Bertz CT molecular complexity index is 1460. The topological polar surface area (TPSA) is 131 Å². The van der Waals surface area contributed by atoms with Crippen LogP contribution in [0.5, 0.6) is 5.88 Å². The standard InChI is InChI=1S/C28H31N3O6/c1-17(2)20-10-6-18(7-11-20)15-30-25(35)23(24(34)29-14-22(32)33)26(36)31(27(30)37)16-19-8-12-21(13-9-19)28(3,4)5/h6-13,35H,1,14-16H2,2-5H3,(H,29,34)(H,32,33). The molecule has 3 N–H and O–H groups in total. The molecule has 9 heteroatoms. The van der Waals surface area contributed by atoms with E-state index in [1.54, 1.807) is 24.3 Å². The number of nitrogens with zero attached hydrogens (tertiary/aromatic N) is 2. The van der Waals surface area contributed by atoms with Gasteiger partial charge in [-0.25, -0.2) is 4.79 Å². The molecule has 0 bridgehead atoms. The first-order valence-electron chi connectivity index (χ1n) is 11.7. The van der Waals surface area contributed by atoms with Gasteiger partial charge in [-0.15, -0.1) is 0 Å². The zero-order chi connectivity index (χ0) is 27.5. The van der Waals surface area contributed by atoms with E-state index in [1.807, 2.05) is 31.2 Å². The van der Waals surface area contributed by atoms with Gasteiger partial charge in [-0.3, -0.25) is 23.5 Å². The van der Waals surface area contributed by atoms with Crippen molar-refractivity contribution in [3.05, 3.63) is 104 Å². The van der Waals surface area contributed by atoms with Crippen molar-refractivity contribution in [2.45, 2.75) is 46.2 Å². The molecule has 37 heavy (non-hydrogen) atoms. The van der Waals surface area contributed by atoms with Crippen molar-refractivity contribution < 1.29 is 19.8 Å². The fourth-order valence-electron chi connectivity index (χ4n) is 3.78. The number of amides is 1. The monoisotopic (exact) mass is 505 g/mol. The minimum atomic E-state index is -1.32. The third-order valence-corrected chi connectivity index (χ3v) is 5.98. The average molecular weight is 506 g/mol. The predicted octanol–water partition coefficient (Wildman–Crippen LogP) is 2.96. The predicted molar refractivity (Wildman–Crippen MR) is 141 cm³/mol. The molecule has 0 spiro atoms. The second-order valence-electron chi connectivity index (χ2n) is 9.96. The third-order valence-electron chi connectivity index (χ3n) is 5.98. The number of aromatic nitrogens is 2. The average Bonchev–Trinajstić information content (AvgIpc) is 2.83.